The number of benzene rings is 2. The molecule has 182 valence electrons. The highest BCUT2D eigenvalue weighted by Gasteiger charge is 2.22. The zero-order chi connectivity index (χ0) is 24.2. The van der Waals surface area contributed by atoms with Gasteiger partial charge in [-0.3, -0.25) is 9.59 Å². The molecule has 1 unspecified atom stereocenters. The highest BCUT2D eigenvalue weighted by atomic mass is 16.6. The Kier molecular flexibility index (Phi) is 10.1. The first-order valence-electron chi connectivity index (χ1n) is 12.4. The first kappa shape index (κ1) is 25.5. The van der Waals surface area contributed by atoms with Crippen LogP contribution in [0.1, 0.15) is 79.4 Å². The van der Waals surface area contributed by atoms with Gasteiger partial charge >= 0.3 is 5.97 Å². The fourth-order valence-electron chi connectivity index (χ4n) is 3.99. The minimum absolute atomic E-state index is 0.104. The number of nitrogens with zero attached hydrogens (tertiary/aromatic N) is 1. The maximum atomic E-state index is 12.7. The van der Waals surface area contributed by atoms with Crippen LogP contribution in [0.4, 0.5) is 5.69 Å². The Bertz CT molecular complexity index is 969. The Labute approximate surface area is 202 Å². The number of ether oxygens (including phenoxy) is 1. The zero-order valence-electron chi connectivity index (χ0n) is 20.3. The normalized spacial score (nSPS) is 15.1. The molecule has 0 spiro atoms. The predicted octanol–water partition coefficient (Wildman–Crippen LogP) is 5.93. The maximum absolute atomic E-state index is 12.7. The van der Waals surface area contributed by atoms with Gasteiger partial charge < -0.3 is 14.9 Å². The molecule has 34 heavy (non-hydrogen) atoms. The van der Waals surface area contributed by atoms with Crippen LogP contribution in [0.2, 0.25) is 0 Å². The topological polar surface area (TPSA) is 77.0 Å². The number of unbranched alkanes of at least 4 members (excludes halogenated alkanes) is 2. The van der Waals surface area contributed by atoms with Crippen molar-refractivity contribution in [2.45, 2.75) is 65.2 Å². The third-order valence-electron chi connectivity index (χ3n) is 6.05. The summed E-state index contributed by atoms with van der Waals surface area (Å²) >= 11 is 0. The molecule has 0 saturated heterocycles. The molecule has 2 aromatic carbocycles. The third kappa shape index (κ3) is 8.01. The summed E-state index contributed by atoms with van der Waals surface area (Å²) in [4.78, 5) is 30.0. The van der Waals surface area contributed by atoms with Gasteiger partial charge in [0.15, 0.2) is 0 Å². The van der Waals surface area contributed by atoms with Crippen LogP contribution < -0.4 is 5.32 Å². The second-order valence-corrected chi connectivity index (χ2v) is 8.87. The smallest absolute Gasteiger partial charge is 0.306 e. The Morgan fingerprint density at radius 2 is 1.79 bits per heavy atom. The molecule has 1 amide bonds. The summed E-state index contributed by atoms with van der Waals surface area (Å²) in [5.74, 6) is 0.0228. The average Bonchev–Trinajstić information content (AvgIpc) is 2.84. The predicted molar refractivity (Wildman–Crippen MR) is 135 cm³/mol. The molecule has 0 saturated carbocycles. The molecule has 3 rings (SSSR count). The van der Waals surface area contributed by atoms with Crippen molar-refractivity contribution in [2.24, 2.45) is 11.1 Å². The van der Waals surface area contributed by atoms with Gasteiger partial charge in [-0.25, -0.2) is 0 Å². The van der Waals surface area contributed by atoms with Gasteiger partial charge in [-0.2, -0.15) is 0 Å². The van der Waals surface area contributed by atoms with Crippen LogP contribution in [-0.4, -0.2) is 31.3 Å². The van der Waals surface area contributed by atoms with Crippen molar-refractivity contribution in [1.82, 2.24) is 0 Å². The van der Waals surface area contributed by atoms with Crippen molar-refractivity contribution in [3.05, 3.63) is 64.7 Å². The number of hydrogen-bond donors (Lipinski definition) is 1. The van der Waals surface area contributed by atoms with E-state index in [0.29, 0.717) is 25.2 Å². The lowest BCUT2D eigenvalue weighted by Gasteiger charge is -2.24. The van der Waals surface area contributed by atoms with E-state index in [1.54, 1.807) is 18.3 Å². The number of anilines is 1. The molecule has 2 aromatic rings. The summed E-state index contributed by atoms with van der Waals surface area (Å²) in [5, 5.41) is 6.95. The van der Waals surface area contributed by atoms with Crippen LogP contribution in [0, 0.1) is 5.92 Å². The van der Waals surface area contributed by atoms with Gasteiger partial charge in [-0.15, -0.1) is 0 Å². The highest BCUT2D eigenvalue weighted by Crippen LogP contribution is 2.30. The first-order valence-corrected chi connectivity index (χ1v) is 12.4. The van der Waals surface area contributed by atoms with Crippen molar-refractivity contribution >= 4 is 23.8 Å². The fourth-order valence-corrected chi connectivity index (χ4v) is 3.99. The molecular formula is C28H36N2O4. The van der Waals surface area contributed by atoms with Gasteiger partial charge in [-0.1, -0.05) is 50.0 Å². The van der Waals surface area contributed by atoms with E-state index in [4.69, 9.17) is 9.57 Å². The second-order valence-electron chi connectivity index (χ2n) is 8.87. The van der Waals surface area contributed by atoms with E-state index in [1.807, 2.05) is 24.3 Å². The van der Waals surface area contributed by atoms with Crippen molar-refractivity contribution in [3.8, 4) is 0 Å². The molecule has 0 radical (unpaired) electrons. The van der Waals surface area contributed by atoms with E-state index >= 15 is 0 Å². The second kappa shape index (κ2) is 13.5. The number of nitrogens with one attached hydrogen (secondary N) is 1. The number of esters is 1. The molecular weight excluding hydrogens is 428 g/mol. The number of rotatable bonds is 12. The van der Waals surface area contributed by atoms with Gasteiger partial charge in [0, 0.05) is 17.7 Å². The quantitative estimate of drug-likeness (QED) is 0.183. The Balaban J connectivity index is 1.53. The van der Waals surface area contributed by atoms with Gasteiger partial charge in [-0.05, 0) is 79.0 Å². The summed E-state index contributed by atoms with van der Waals surface area (Å²) in [6.45, 7) is 5.30. The molecule has 1 aliphatic rings. The molecule has 0 fully saturated rings. The summed E-state index contributed by atoms with van der Waals surface area (Å²) in [5.41, 5.74) is 4.71. The molecule has 6 nitrogen and oxygen atoms in total. The molecule has 1 atom stereocenters. The van der Waals surface area contributed by atoms with Crippen LogP contribution >= 0.6 is 0 Å². The number of amides is 1. The minimum Gasteiger partial charge on any atom is -0.466 e. The van der Waals surface area contributed by atoms with E-state index in [2.05, 4.69) is 30.4 Å². The Morgan fingerprint density at radius 3 is 2.56 bits per heavy atom. The van der Waals surface area contributed by atoms with Crippen molar-refractivity contribution in [1.29, 1.82) is 0 Å². The van der Waals surface area contributed by atoms with Crippen LogP contribution in [0.5, 0.6) is 0 Å². The maximum Gasteiger partial charge on any atom is 0.306 e. The van der Waals surface area contributed by atoms with Crippen molar-refractivity contribution in [3.63, 3.8) is 0 Å². The SMILES string of the molecule is CCCCON=Cc1ccc(C(=O)Nc2ccc3c(c2)CC(CC(=O)OCCCC)CC3)cc1. The van der Waals surface area contributed by atoms with Gasteiger partial charge in [0.2, 0.25) is 0 Å². The lowest BCUT2D eigenvalue weighted by atomic mass is 9.82. The van der Waals surface area contributed by atoms with E-state index in [1.165, 1.54) is 11.1 Å². The number of fused-ring (bicyclic) bond motifs is 1. The number of oxime groups is 1. The molecule has 6 heteroatoms. The highest BCUT2D eigenvalue weighted by molar-refractivity contribution is 6.04. The fraction of sp³-hybridized carbons (Fsp3) is 0.464. The summed E-state index contributed by atoms with van der Waals surface area (Å²) in [6.07, 6.45) is 8.84. The standard InChI is InChI=1S/C28H36N2O4/c1-3-5-15-33-27(31)18-22-9-10-23-13-14-26(19-25(23)17-22)30-28(32)24-11-7-21(8-12-24)20-29-34-16-6-4-2/h7-8,11-14,19-20,22H,3-6,9-10,15-18H2,1-2H3,(H,30,32). The van der Waals surface area contributed by atoms with Gasteiger partial charge in [0.1, 0.15) is 6.61 Å². The van der Waals surface area contributed by atoms with Crippen LogP contribution in [0.25, 0.3) is 0 Å². The zero-order valence-corrected chi connectivity index (χ0v) is 20.3. The summed E-state index contributed by atoms with van der Waals surface area (Å²) in [6, 6.07) is 13.3. The van der Waals surface area contributed by atoms with Crippen LogP contribution in [-0.2, 0) is 27.2 Å². The summed E-state index contributed by atoms with van der Waals surface area (Å²) < 4.78 is 5.33. The monoisotopic (exact) mass is 464 g/mol. The summed E-state index contributed by atoms with van der Waals surface area (Å²) in [7, 11) is 0. The van der Waals surface area contributed by atoms with Crippen molar-refractivity contribution in [2.75, 3.05) is 18.5 Å². The molecule has 0 aromatic heterocycles. The number of aryl methyl sites for hydroxylation is 1. The molecule has 0 heterocycles. The number of hydrogen-bond acceptors (Lipinski definition) is 5. The van der Waals surface area contributed by atoms with Gasteiger partial charge in [0.25, 0.3) is 5.91 Å². The lowest BCUT2D eigenvalue weighted by molar-refractivity contribution is -0.145. The first-order chi connectivity index (χ1) is 16.6. The molecule has 0 aliphatic heterocycles. The van der Waals surface area contributed by atoms with E-state index in [-0.39, 0.29) is 17.8 Å². The number of carbonyl (C=O) groups is 2. The largest absolute Gasteiger partial charge is 0.466 e. The number of carbonyl (C=O) groups excluding carboxylic acids is 2. The van der Waals surface area contributed by atoms with Gasteiger partial charge in [0.05, 0.1) is 12.8 Å². The van der Waals surface area contributed by atoms with E-state index in [9.17, 15) is 9.59 Å². The Hall–Kier alpha value is -3.15. The third-order valence-corrected chi connectivity index (χ3v) is 6.05. The molecule has 1 aliphatic carbocycles. The molecule has 0 bridgehead atoms. The van der Waals surface area contributed by atoms with E-state index < -0.39 is 0 Å². The molecule has 1 N–H and O–H groups in total. The average molecular weight is 465 g/mol. The van der Waals surface area contributed by atoms with E-state index in [0.717, 1.165) is 56.2 Å². The Morgan fingerprint density at radius 1 is 1.03 bits per heavy atom. The van der Waals surface area contributed by atoms with Crippen LogP contribution in [0.3, 0.4) is 0 Å². The van der Waals surface area contributed by atoms with Crippen LogP contribution in [0.15, 0.2) is 47.6 Å². The lowest BCUT2D eigenvalue weighted by Crippen LogP contribution is -2.20. The van der Waals surface area contributed by atoms with Crippen molar-refractivity contribution < 1.29 is 19.2 Å². The minimum atomic E-state index is -0.158.